The molecule has 34 heavy (non-hydrogen) atoms. The van der Waals surface area contributed by atoms with Crippen LogP contribution in [0.5, 0.6) is 0 Å². The van der Waals surface area contributed by atoms with E-state index >= 15 is 0 Å². The molecular formula is C29H32F2N2O. The quantitative estimate of drug-likeness (QED) is 0.404. The first-order chi connectivity index (χ1) is 16.7. The molecule has 1 N–H and O–H groups in total. The zero-order valence-electron chi connectivity index (χ0n) is 19.4. The molecule has 1 unspecified atom stereocenters. The summed E-state index contributed by atoms with van der Waals surface area (Å²) in [7, 11) is 0. The number of benzene rings is 3. The Morgan fingerprint density at radius 1 is 0.794 bits per heavy atom. The number of nitrogens with zero attached hydrogens (tertiary/aromatic N) is 1. The fourth-order valence-corrected chi connectivity index (χ4v) is 5.55. The van der Waals surface area contributed by atoms with Gasteiger partial charge in [-0.05, 0) is 66.6 Å². The van der Waals surface area contributed by atoms with Crippen molar-refractivity contribution in [2.45, 2.75) is 56.5 Å². The maximum Gasteiger partial charge on any atom is 0.123 e. The number of nitrogens with one attached hydrogen (secondary N) is 1. The lowest BCUT2D eigenvalue weighted by atomic mass is 9.97. The Morgan fingerprint density at radius 2 is 1.35 bits per heavy atom. The second-order valence-electron chi connectivity index (χ2n) is 9.50. The van der Waals surface area contributed by atoms with Crippen molar-refractivity contribution >= 4 is 0 Å². The molecular weight excluding hydrogens is 430 g/mol. The first-order valence-corrected chi connectivity index (χ1v) is 12.3. The van der Waals surface area contributed by atoms with Crippen molar-refractivity contribution in [2.75, 3.05) is 13.1 Å². The molecule has 3 aromatic carbocycles. The highest BCUT2D eigenvalue weighted by Crippen LogP contribution is 2.39. The highest BCUT2D eigenvalue weighted by atomic mass is 19.1. The van der Waals surface area contributed by atoms with Gasteiger partial charge in [0.15, 0.2) is 0 Å². The summed E-state index contributed by atoms with van der Waals surface area (Å²) in [5, 5.41) is 3.58. The molecule has 3 aromatic rings. The SMILES string of the molecule is Fc1ccc(C(OC2C[C@H]3CC[C@@H](C2)N3CCNCc2ccccc2)c2ccc(F)cc2)cc1. The minimum Gasteiger partial charge on any atom is -0.365 e. The Morgan fingerprint density at radius 3 is 1.91 bits per heavy atom. The van der Waals surface area contributed by atoms with Crippen LogP contribution in [0.1, 0.15) is 48.5 Å². The third-order valence-corrected chi connectivity index (χ3v) is 7.23. The van der Waals surface area contributed by atoms with Crippen LogP contribution in [-0.4, -0.2) is 36.2 Å². The fraction of sp³-hybridized carbons (Fsp3) is 0.379. The van der Waals surface area contributed by atoms with E-state index in [1.165, 1.54) is 42.7 Å². The molecule has 3 nitrogen and oxygen atoms in total. The van der Waals surface area contributed by atoms with Crippen LogP contribution in [0.25, 0.3) is 0 Å². The van der Waals surface area contributed by atoms with E-state index < -0.39 is 0 Å². The molecule has 2 heterocycles. The second kappa shape index (κ2) is 10.8. The highest BCUT2D eigenvalue weighted by Gasteiger charge is 2.41. The van der Waals surface area contributed by atoms with Crippen molar-refractivity contribution in [3.63, 3.8) is 0 Å². The van der Waals surface area contributed by atoms with Gasteiger partial charge in [0.2, 0.25) is 0 Å². The lowest BCUT2D eigenvalue weighted by Crippen LogP contribution is -2.48. The molecule has 5 rings (SSSR count). The van der Waals surface area contributed by atoms with E-state index in [0.717, 1.165) is 43.6 Å². The molecule has 0 saturated carbocycles. The average molecular weight is 463 g/mol. The standard InChI is InChI=1S/C29H32F2N2O/c30-24-10-6-22(7-11-24)29(23-8-12-25(31)13-9-23)34-28-18-26-14-15-27(19-28)33(26)17-16-32-20-21-4-2-1-3-5-21/h1-13,26-29,32H,14-20H2/t26-,27+,28?. The first kappa shape index (κ1) is 23.2. The number of halogens is 2. The molecule has 3 atom stereocenters. The largest absolute Gasteiger partial charge is 0.365 e. The Balaban J connectivity index is 1.20. The number of piperidine rings is 1. The van der Waals surface area contributed by atoms with E-state index in [-0.39, 0.29) is 23.8 Å². The summed E-state index contributed by atoms with van der Waals surface area (Å²) in [6.45, 7) is 2.92. The van der Waals surface area contributed by atoms with Crippen LogP contribution in [0.4, 0.5) is 8.78 Å². The zero-order chi connectivity index (χ0) is 23.3. The minimum atomic E-state index is -0.329. The normalized spacial score (nSPS) is 22.4. The predicted molar refractivity (Wildman–Crippen MR) is 130 cm³/mol. The zero-order valence-corrected chi connectivity index (χ0v) is 19.4. The molecule has 0 radical (unpaired) electrons. The fourth-order valence-electron chi connectivity index (χ4n) is 5.55. The van der Waals surface area contributed by atoms with Crippen LogP contribution in [-0.2, 0) is 11.3 Å². The number of fused-ring (bicyclic) bond motifs is 2. The Hall–Kier alpha value is -2.60. The van der Waals surface area contributed by atoms with Gasteiger partial charge in [0.25, 0.3) is 0 Å². The predicted octanol–water partition coefficient (Wildman–Crippen LogP) is 5.86. The van der Waals surface area contributed by atoms with Crippen molar-refractivity contribution in [3.05, 3.63) is 107 Å². The van der Waals surface area contributed by atoms with Crippen molar-refractivity contribution in [1.29, 1.82) is 0 Å². The Bertz CT molecular complexity index is 982. The number of hydrogen-bond acceptors (Lipinski definition) is 3. The van der Waals surface area contributed by atoms with Gasteiger partial charge in [-0.15, -0.1) is 0 Å². The second-order valence-corrected chi connectivity index (χ2v) is 9.50. The van der Waals surface area contributed by atoms with Crippen molar-refractivity contribution < 1.29 is 13.5 Å². The minimum absolute atomic E-state index is 0.131. The molecule has 2 saturated heterocycles. The van der Waals surface area contributed by atoms with Gasteiger partial charge >= 0.3 is 0 Å². The lowest BCUT2D eigenvalue weighted by molar-refractivity contribution is -0.0478. The maximum atomic E-state index is 13.5. The van der Waals surface area contributed by atoms with Gasteiger partial charge in [-0.1, -0.05) is 54.6 Å². The number of ether oxygens (including phenoxy) is 1. The van der Waals surface area contributed by atoms with Gasteiger partial charge in [0.1, 0.15) is 17.7 Å². The summed E-state index contributed by atoms with van der Waals surface area (Å²) in [5.74, 6) is -0.539. The van der Waals surface area contributed by atoms with Crippen LogP contribution >= 0.6 is 0 Å². The summed E-state index contributed by atoms with van der Waals surface area (Å²) in [4.78, 5) is 2.66. The Labute approximate surface area is 200 Å². The van der Waals surface area contributed by atoms with Gasteiger partial charge in [-0.25, -0.2) is 8.78 Å². The molecule has 5 heteroatoms. The first-order valence-electron chi connectivity index (χ1n) is 12.3. The van der Waals surface area contributed by atoms with Gasteiger partial charge in [0, 0.05) is 31.7 Å². The van der Waals surface area contributed by atoms with E-state index in [9.17, 15) is 8.78 Å². The van der Waals surface area contributed by atoms with Crippen LogP contribution in [0, 0.1) is 11.6 Å². The van der Waals surface area contributed by atoms with Crippen molar-refractivity contribution in [1.82, 2.24) is 10.2 Å². The molecule has 178 valence electrons. The average Bonchev–Trinajstić information content (AvgIpc) is 3.09. The van der Waals surface area contributed by atoms with Gasteiger partial charge < -0.3 is 10.1 Å². The maximum absolute atomic E-state index is 13.5. The monoisotopic (exact) mass is 462 g/mol. The van der Waals surface area contributed by atoms with Gasteiger partial charge in [-0.2, -0.15) is 0 Å². The van der Waals surface area contributed by atoms with E-state index in [2.05, 4.69) is 34.5 Å². The lowest BCUT2D eigenvalue weighted by Gasteiger charge is -2.40. The molecule has 0 aliphatic carbocycles. The van der Waals surface area contributed by atoms with E-state index in [1.807, 2.05) is 6.07 Å². The Kier molecular flexibility index (Phi) is 7.33. The van der Waals surface area contributed by atoms with E-state index in [0.29, 0.717) is 12.1 Å². The summed E-state index contributed by atoms with van der Waals surface area (Å²) in [5.41, 5.74) is 3.10. The van der Waals surface area contributed by atoms with Crippen LogP contribution in [0.15, 0.2) is 78.9 Å². The molecule has 2 aliphatic rings. The smallest absolute Gasteiger partial charge is 0.123 e. The molecule has 2 fully saturated rings. The highest BCUT2D eigenvalue weighted by molar-refractivity contribution is 5.30. The number of rotatable bonds is 9. The molecule has 0 amide bonds. The number of hydrogen-bond donors (Lipinski definition) is 1. The van der Waals surface area contributed by atoms with Crippen LogP contribution in [0.3, 0.4) is 0 Å². The third-order valence-electron chi connectivity index (χ3n) is 7.23. The van der Waals surface area contributed by atoms with E-state index in [1.54, 1.807) is 24.3 Å². The molecule has 2 bridgehead atoms. The molecule has 2 aliphatic heterocycles. The van der Waals surface area contributed by atoms with E-state index in [4.69, 9.17) is 4.74 Å². The van der Waals surface area contributed by atoms with Crippen LogP contribution in [0.2, 0.25) is 0 Å². The summed E-state index contributed by atoms with van der Waals surface area (Å²) >= 11 is 0. The third kappa shape index (κ3) is 5.54. The molecule has 0 aromatic heterocycles. The van der Waals surface area contributed by atoms with Crippen molar-refractivity contribution in [2.24, 2.45) is 0 Å². The van der Waals surface area contributed by atoms with Crippen molar-refractivity contribution in [3.8, 4) is 0 Å². The summed E-state index contributed by atoms with van der Waals surface area (Å²) in [6.07, 6.45) is 4.21. The van der Waals surface area contributed by atoms with Gasteiger partial charge in [-0.3, -0.25) is 4.90 Å². The topological polar surface area (TPSA) is 24.5 Å². The van der Waals surface area contributed by atoms with Gasteiger partial charge in [0.05, 0.1) is 6.10 Å². The summed E-state index contributed by atoms with van der Waals surface area (Å²) < 4.78 is 33.8. The summed E-state index contributed by atoms with van der Waals surface area (Å²) in [6, 6.07) is 24.5. The molecule has 0 spiro atoms. The van der Waals surface area contributed by atoms with Crippen LogP contribution < -0.4 is 5.32 Å².